The maximum absolute atomic E-state index is 12.8. The van der Waals surface area contributed by atoms with E-state index in [-0.39, 0.29) is 5.91 Å². The number of imidazole rings is 1. The number of piperazine rings is 1. The lowest BCUT2D eigenvalue weighted by Crippen LogP contribution is -2.48. The molecule has 3 heterocycles. The molecule has 0 radical (unpaired) electrons. The summed E-state index contributed by atoms with van der Waals surface area (Å²) in [7, 11) is 0. The maximum Gasteiger partial charge on any atom is 0.274 e. The summed E-state index contributed by atoms with van der Waals surface area (Å²) in [6.45, 7) is 8.77. The summed E-state index contributed by atoms with van der Waals surface area (Å²) >= 11 is 0. The van der Waals surface area contributed by atoms with Gasteiger partial charge in [-0.1, -0.05) is 19.9 Å². The van der Waals surface area contributed by atoms with Gasteiger partial charge in [-0.2, -0.15) is 0 Å². The molecule has 0 spiro atoms. The molecule has 0 bridgehead atoms. The molecule has 0 aromatic carbocycles. The number of rotatable bonds is 3. The summed E-state index contributed by atoms with van der Waals surface area (Å²) < 4.78 is 2.02. The second-order valence-corrected chi connectivity index (χ2v) is 5.41. The first kappa shape index (κ1) is 14.1. The van der Waals surface area contributed by atoms with Crippen molar-refractivity contribution in [1.82, 2.24) is 19.2 Å². The summed E-state index contributed by atoms with van der Waals surface area (Å²) in [5.74, 6) is 1.01. The van der Waals surface area contributed by atoms with Crippen molar-refractivity contribution in [3.63, 3.8) is 0 Å². The Hall–Kier alpha value is -1.88. The van der Waals surface area contributed by atoms with E-state index in [1.807, 2.05) is 33.7 Å². The molecule has 1 saturated heterocycles. The molecule has 1 aliphatic rings. The van der Waals surface area contributed by atoms with Crippen LogP contribution in [-0.4, -0.2) is 57.8 Å². The van der Waals surface area contributed by atoms with Crippen LogP contribution in [0.2, 0.25) is 0 Å². The number of hydrogen-bond acceptors (Lipinski definition) is 3. The Balaban J connectivity index is 1.88. The van der Waals surface area contributed by atoms with Gasteiger partial charge < -0.3 is 14.2 Å². The topological polar surface area (TPSA) is 40.9 Å². The van der Waals surface area contributed by atoms with E-state index in [0.717, 1.165) is 50.5 Å². The first-order valence-electron chi connectivity index (χ1n) is 7.72. The van der Waals surface area contributed by atoms with Crippen LogP contribution in [0.5, 0.6) is 0 Å². The van der Waals surface area contributed by atoms with Crippen molar-refractivity contribution in [3.8, 4) is 0 Å². The van der Waals surface area contributed by atoms with E-state index in [0.29, 0.717) is 5.69 Å². The van der Waals surface area contributed by atoms with E-state index in [1.165, 1.54) is 0 Å². The van der Waals surface area contributed by atoms with Crippen LogP contribution in [0.1, 0.15) is 30.2 Å². The van der Waals surface area contributed by atoms with Gasteiger partial charge in [0.2, 0.25) is 0 Å². The Labute approximate surface area is 125 Å². The molecule has 5 nitrogen and oxygen atoms in total. The molecule has 2 aromatic rings. The van der Waals surface area contributed by atoms with E-state index >= 15 is 0 Å². The molecule has 0 N–H and O–H groups in total. The number of pyridine rings is 1. The summed E-state index contributed by atoms with van der Waals surface area (Å²) in [5.41, 5.74) is 1.51. The van der Waals surface area contributed by atoms with E-state index < -0.39 is 0 Å². The van der Waals surface area contributed by atoms with Crippen molar-refractivity contribution in [1.29, 1.82) is 0 Å². The Kier molecular flexibility index (Phi) is 3.92. The second-order valence-electron chi connectivity index (χ2n) is 5.41. The molecule has 1 aliphatic heterocycles. The highest BCUT2D eigenvalue weighted by molar-refractivity contribution is 5.99. The van der Waals surface area contributed by atoms with Gasteiger partial charge >= 0.3 is 0 Å². The number of carbonyl (C=O) groups is 1. The van der Waals surface area contributed by atoms with Gasteiger partial charge in [-0.15, -0.1) is 0 Å². The maximum atomic E-state index is 12.8. The fourth-order valence-corrected chi connectivity index (χ4v) is 2.93. The fourth-order valence-electron chi connectivity index (χ4n) is 2.93. The zero-order chi connectivity index (χ0) is 14.8. The van der Waals surface area contributed by atoms with Crippen LogP contribution in [0.3, 0.4) is 0 Å². The third-order valence-corrected chi connectivity index (χ3v) is 4.25. The van der Waals surface area contributed by atoms with Gasteiger partial charge in [0, 0.05) is 38.8 Å². The molecule has 112 valence electrons. The number of aromatic nitrogens is 2. The zero-order valence-electron chi connectivity index (χ0n) is 12.7. The average molecular weight is 286 g/mol. The minimum absolute atomic E-state index is 0.0640. The number of fused-ring (bicyclic) bond motifs is 1. The van der Waals surface area contributed by atoms with Gasteiger partial charge in [-0.05, 0) is 18.7 Å². The van der Waals surface area contributed by atoms with Crippen molar-refractivity contribution < 1.29 is 4.79 Å². The molecule has 2 aromatic heterocycles. The molecule has 0 unspecified atom stereocenters. The number of carbonyl (C=O) groups excluding carboxylic acids is 1. The molecule has 5 heteroatoms. The van der Waals surface area contributed by atoms with Gasteiger partial charge in [-0.3, -0.25) is 4.79 Å². The summed E-state index contributed by atoms with van der Waals surface area (Å²) in [6, 6.07) is 5.91. The Morgan fingerprint density at radius 3 is 2.62 bits per heavy atom. The highest BCUT2D eigenvalue weighted by atomic mass is 16.2. The van der Waals surface area contributed by atoms with Crippen LogP contribution in [0, 0.1) is 0 Å². The van der Waals surface area contributed by atoms with Crippen LogP contribution in [0.25, 0.3) is 5.52 Å². The second kappa shape index (κ2) is 5.85. The van der Waals surface area contributed by atoms with Crippen LogP contribution in [-0.2, 0) is 6.42 Å². The quantitative estimate of drug-likeness (QED) is 0.862. The zero-order valence-corrected chi connectivity index (χ0v) is 12.7. The number of likely N-dealkylation sites (N-methyl/N-ethyl adjacent to an activating group) is 1. The lowest BCUT2D eigenvalue weighted by molar-refractivity contribution is 0.0640. The molecule has 3 rings (SSSR count). The van der Waals surface area contributed by atoms with Crippen molar-refractivity contribution >= 4 is 11.4 Å². The monoisotopic (exact) mass is 286 g/mol. The average Bonchev–Trinajstić information content (AvgIpc) is 2.93. The molecular weight excluding hydrogens is 264 g/mol. The molecular formula is C16H22N4O. The normalized spacial score (nSPS) is 16.6. The van der Waals surface area contributed by atoms with E-state index in [1.54, 1.807) is 0 Å². The minimum atomic E-state index is 0.0640. The smallest absolute Gasteiger partial charge is 0.274 e. The first-order chi connectivity index (χ1) is 10.2. The van der Waals surface area contributed by atoms with E-state index in [9.17, 15) is 4.79 Å². The SMILES string of the molecule is CCc1nc(C(=O)N2CCN(CC)CC2)c2ccccn12. The molecule has 21 heavy (non-hydrogen) atoms. The van der Waals surface area contributed by atoms with Gasteiger partial charge in [0.25, 0.3) is 5.91 Å². The van der Waals surface area contributed by atoms with Gasteiger partial charge in [-0.25, -0.2) is 4.98 Å². The highest BCUT2D eigenvalue weighted by Crippen LogP contribution is 2.16. The lowest BCUT2D eigenvalue weighted by atomic mass is 10.2. The van der Waals surface area contributed by atoms with Crippen LogP contribution in [0.4, 0.5) is 0 Å². The fraction of sp³-hybridized carbons (Fsp3) is 0.500. The summed E-state index contributed by atoms with van der Waals surface area (Å²) in [4.78, 5) is 21.6. The minimum Gasteiger partial charge on any atom is -0.335 e. The van der Waals surface area contributed by atoms with Crippen molar-refractivity contribution in [2.24, 2.45) is 0 Å². The standard InChI is InChI=1S/C16H22N4O/c1-3-14-17-15(13-7-5-6-8-20(13)14)16(21)19-11-9-18(4-2)10-12-19/h5-8H,3-4,9-12H2,1-2H3. The van der Waals surface area contributed by atoms with Crippen LogP contribution in [0.15, 0.2) is 24.4 Å². The molecule has 1 amide bonds. The highest BCUT2D eigenvalue weighted by Gasteiger charge is 2.25. The number of aryl methyl sites for hydroxylation is 1. The van der Waals surface area contributed by atoms with Gasteiger partial charge in [0.05, 0.1) is 5.52 Å². The number of hydrogen-bond donors (Lipinski definition) is 0. The van der Waals surface area contributed by atoms with Crippen LogP contribution >= 0.6 is 0 Å². The van der Waals surface area contributed by atoms with Gasteiger partial charge in [0.1, 0.15) is 5.82 Å². The Morgan fingerprint density at radius 2 is 1.95 bits per heavy atom. The summed E-state index contributed by atoms with van der Waals surface area (Å²) in [5, 5.41) is 0. The molecule has 0 saturated carbocycles. The lowest BCUT2D eigenvalue weighted by Gasteiger charge is -2.33. The predicted molar refractivity (Wildman–Crippen MR) is 82.6 cm³/mol. The Bertz CT molecular complexity index is 641. The number of nitrogens with zero attached hydrogens (tertiary/aromatic N) is 4. The van der Waals surface area contributed by atoms with Crippen LogP contribution < -0.4 is 0 Å². The first-order valence-corrected chi connectivity index (χ1v) is 7.72. The largest absolute Gasteiger partial charge is 0.335 e. The molecule has 0 aliphatic carbocycles. The third-order valence-electron chi connectivity index (χ3n) is 4.25. The van der Waals surface area contributed by atoms with Gasteiger partial charge in [0.15, 0.2) is 5.69 Å². The van der Waals surface area contributed by atoms with E-state index in [4.69, 9.17) is 0 Å². The van der Waals surface area contributed by atoms with Crippen molar-refractivity contribution in [3.05, 3.63) is 35.9 Å². The predicted octanol–water partition coefficient (Wildman–Crippen LogP) is 1.67. The Morgan fingerprint density at radius 1 is 1.19 bits per heavy atom. The molecule has 0 atom stereocenters. The van der Waals surface area contributed by atoms with Crippen molar-refractivity contribution in [2.45, 2.75) is 20.3 Å². The summed E-state index contributed by atoms with van der Waals surface area (Å²) in [6.07, 6.45) is 2.80. The van der Waals surface area contributed by atoms with E-state index in [2.05, 4.69) is 23.7 Å². The third kappa shape index (κ3) is 2.53. The van der Waals surface area contributed by atoms with Crippen molar-refractivity contribution in [2.75, 3.05) is 32.7 Å². The number of amides is 1. The molecule has 1 fully saturated rings.